The van der Waals surface area contributed by atoms with E-state index in [2.05, 4.69) is 15.4 Å². The van der Waals surface area contributed by atoms with Crippen molar-refractivity contribution in [2.75, 3.05) is 11.4 Å². The monoisotopic (exact) mass is 355 g/mol. The molecular formula is C18H18ClN5O. The van der Waals surface area contributed by atoms with E-state index in [1.165, 1.54) is 0 Å². The number of nitrogens with one attached hydrogen (secondary N) is 1. The molecular weight excluding hydrogens is 338 g/mol. The lowest BCUT2D eigenvalue weighted by Crippen LogP contribution is -2.39. The second-order valence-electron chi connectivity index (χ2n) is 5.35. The van der Waals surface area contributed by atoms with Gasteiger partial charge in [-0.3, -0.25) is 9.88 Å². The Labute approximate surface area is 151 Å². The SMILES string of the molecule is CCN(C(=O)NCc1ccccc1)c1cn(-c2cccnc2)nc1Cl. The van der Waals surface area contributed by atoms with Gasteiger partial charge in [0.15, 0.2) is 5.15 Å². The number of anilines is 1. The van der Waals surface area contributed by atoms with E-state index in [0.29, 0.717) is 18.8 Å². The molecule has 3 aromatic rings. The molecule has 128 valence electrons. The molecule has 0 bridgehead atoms. The van der Waals surface area contributed by atoms with Crippen LogP contribution in [0.3, 0.4) is 0 Å². The summed E-state index contributed by atoms with van der Waals surface area (Å²) in [7, 11) is 0. The van der Waals surface area contributed by atoms with Gasteiger partial charge >= 0.3 is 6.03 Å². The molecule has 0 fully saturated rings. The maximum atomic E-state index is 12.6. The van der Waals surface area contributed by atoms with Crippen molar-refractivity contribution in [1.82, 2.24) is 20.1 Å². The van der Waals surface area contributed by atoms with Crippen LogP contribution in [0.25, 0.3) is 5.69 Å². The first-order valence-corrected chi connectivity index (χ1v) is 8.31. The van der Waals surface area contributed by atoms with Crippen molar-refractivity contribution in [2.45, 2.75) is 13.5 Å². The number of amides is 2. The van der Waals surface area contributed by atoms with E-state index in [1.54, 1.807) is 28.2 Å². The Balaban J connectivity index is 1.76. The molecule has 0 unspecified atom stereocenters. The zero-order chi connectivity index (χ0) is 17.6. The molecule has 0 atom stereocenters. The molecule has 1 N–H and O–H groups in total. The minimum Gasteiger partial charge on any atom is -0.334 e. The molecule has 3 rings (SSSR count). The van der Waals surface area contributed by atoms with E-state index < -0.39 is 0 Å². The largest absolute Gasteiger partial charge is 0.334 e. The molecule has 25 heavy (non-hydrogen) atoms. The number of pyridine rings is 1. The Morgan fingerprint density at radius 1 is 1.24 bits per heavy atom. The molecule has 7 heteroatoms. The minimum atomic E-state index is -0.223. The second kappa shape index (κ2) is 7.81. The first kappa shape index (κ1) is 17.0. The molecule has 0 saturated carbocycles. The van der Waals surface area contributed by atoms with Gasteiger partial charge in [-0.2, -0.15) is 5.10 Å². The number of nitrogens with zero attached hydrogens (tertiary/aromatic N) is 4. The molecule has 2 amide bonds. The Kier molecular flexibility index (Phi) is 5.30. The Bertz CT molecular complexity index is 835. The first-order valence-electron chi connectivity index (χ1n) is 7.94. The lowest BCUT2D eigenvalue weighted by molar-refractivity contribution is 0.246. The lowest BCUT2D eigenvalue weighted by atomic mass is 10.2. The van der Waals surface area contributed by atoms with Crippen LogP contribution < -0.4 is 10.2 Å². The number of hydrogen-bond acceptors (Lipinski definition) is 3. The average molecular weight is 356 g/mol. The smallest absolute Gasteiger partial charge is 0.322 e. The van der Waals surface area contributed by atoms with Crippen molar-refractivity contribution in [3.8, 4) is 5.69 Å². The third kappa shape index (κ3) is 3.97. The summed E-state index contributed by atoms with van der Waals surface area (Å²) in [4.78, 5) is 18.2. The van der Waals surface area contributed by atoms with Gasteiger partial charge in [-0.15, -0.1) is 0 Å². The first-order chi connectivity index (χ1) is 12.2. The normalized spacial score (nSPS) is 10.5. The number of aromatic nitrogens is 3. The van der Waals surface area contributed by atoms with Crippen molar-refractivity contribution >= 4 is 23.3 Å². The van der Waals surface area contributed by atoms with Crippen molar-refractivity contribution < 1.29 is 4.79 Å². The number of rotatable bonds is 5. The number of carbonyl (C=O) groups excluding carboxylic acids is 1. The highest BCUT2D eigenvalue weighted by Gasteiger charge is 2.20. The summed E-state index contributed by atoms with van der Waals surface area (Å²) in [5, 5.41) is 7.44. The van der Waals surface area contributed by atoms with Crippen LogP contribution in [0.1, 0.15) is 12.5 Å². The van der Waals surface area contributed by atoms with Crippen LogP contribution in [-0.4, -0.2) is 27.3 Å². The lowest BCUT2D eigenvalue weighted by Gasteiger charge is -2.20. The molecule has 1 aromatic carbocycles. The predicted molar refractivity (Wildman–Crippen MR) is 98.1 cm³/mol. The third-order valence-corrected chi connectivity index (χ3v) is 3.97. The van der Waals surface area contributed by atoms with Gasteiger partial charge in [-0.1, -0.05) is 41.9 Å². The zero-order valence-electron chi connectivity index (χ0n) is 13.8. The fourth-order valence-corrected chi connectivity index (χ4v) is 2.67. The van der Waals surface area contributed by atoms with Crippen LogP contribution in [0.2, 0.25) is 5.15 Å². The molecule has 0 aliphatic heterocycles. The van der Waals surface area contributed by atoms with E-state index in [-0.39, 0.29) is 11.2 Å². The van der Waals surface area contributed by atoms with E-state index >= 15 is 0 Å². The van der Waals surface area contributed by atoms with Crippen LogP contribution in [-0.2, 0) is 6.54 Å². The third-order valence-electron chi connectivity index (χ3n) is 3.70. The predicted octanol–water partition coefficient (Wildman–Crippen LogP) is 3.66. The van der Waals surface area contributed by atoms with Crippen LogP contribution >= 0.6 is 11.6 Å². The van der Waals surface area contributed by atoms with Gasteiger partial charge in [-0.05, 0) is 24.6 Å². The average Bonchev–Trinajstić information content (AvgIpc) is 3.04. The van der Waals surface area contributed by atoms with Gasteiger partial charge in [0.25, 0.3) is 0 Å². The quantitative estimate of drug-likeness (QED) is 0.759. The Morgan fingerprint density at radius 3 is 2.72 bits per heavy atom. The van der Waals surface area contributed by atoms with Crippen LogP contribution in [0.15, 0.2) is 61.1 Å². The van der Waals surface area contributed by atoms with Crippen LogP contribution in [0.5, 0.6) is 0 Å². The van der Waals surface area contributed by atoms with Gasteiger partial charge in [0.2, 0.25) is 0 Å². The van der Waals surface area contributed by atoms with E-state index in [0.717, 1.165) is 11.3 Å². The summed E-state index contributed by atoms with van der Waals surface area (Å²) in [5.41, 5.74) is 2.36. The molecule has 0 spiro atoms. The van der Waals surface area contributed by atoms with Gasteiger partial charge < -0.3 is 5.32 Å². The highest BCUT2D eigenvalue weighted by Crippen LogP contribution is 2.26. The molecule has 0 aliphatic carbocycles. The summed E-state index contributed by atoms with van der Waals surface area (Å²) < 4.78 is 1.61. The van der Waals surface area contributed by atoms with Crippen molar-refractivity contribution in [3.05, 3.63) is 71.8 Å². The molecule has 2 aromatic heterocycles. The fraction of sp³-hybridized carbons (Fsp3) is 0.167. The molecule has 0 aliphatic rings. The Hall–Kier alpha value is -2.86. The van der Waals surface area contributed by atoms with Gasteiger partial charge in [0, 0.05) is 19.3 Å². The van der Waals surface area contributed by atoms with Crippen molar-refractivity contribution in [1.29, 1.82) is 0 Å². The highest BCUT2D eigenvalue weighted by molar-refractivity contribution is 6.32. The summed E-state index contributed by atoms with van der Waals surface area (Å²) in [6, 6.07) is 13.2. The van der Waals surface area contributed by atoms with E-state index in [9.17, 15) is 4.79 Å². The van der Waals surface area contributed by atoms with Gasteiger partial charge in [-0.25, -0.2) is 9.48 Å². The van der Waals surface area contributed by atoms with E-state index in [4.69, 9.17) is 11.6 Å². The molecule has 6 nitrogen and oxygen atoms in total. The number of urea groups is 1. The molecule has 0 saturated heterocycles. The van der Waals surface area contributed by atoms with E-state index in [1.807, 2.05) is 49.4 Å². The van der Waals surface area contributed by atoms with Crippen LogP contribution in [0, 0.1) is 0 Å². The minimum absolute atomic E-state index is 0.223. The Morgan fingerprint density at radius 2 is 2.04 bits per heavy atom. The van der Waals surface area contributed by atoms with Crippen molar-refractivity contribution in [2.24, 2.45) is 0 Å². The molecule has 2 heterocycles. The topological polar surface area (TPSA) is 63.1 Å². The summed E-state index contributed by atoms with van der Waals surface area (Å²) in [6.07, 6.45) is 5.09. The summed E-state index contributed by atoms with van der Waals surface area (Å²) in [6.45, 7) is 2.81. The standard InChI is InChI=1S/C18H18ClN5O/c1-2-23(18(25)21-11-14-7-4-3-5-8-14)16-13-24(22-17(16)19)15-9-6-10-20-12-15/h3-10,12-13H,2,11H2,1H3,(H,21,25). The van der Waals surface area contributed by atoms with Gasteiger partial charge in [0.05, 0.1) is 18.1 Å². The fourth-order valence-electron chi connectivity index (χ4n) is 2.44. The zero-order valence-corrected chi connectivity index (χ0v) is 14.5. The second-order valence-corrected chi connectivity index (χ2v) is 5.71. The maximum absolute atomic E-state index is 12.6. The number of hydrogen-bond donors (Lipinski definition) is 1. The number of halogens is 1. The number of benzene rings is 1. The molecule has 0 radical (unpaired) electrons. The van der Waals surface area contributed by atoms with Crippen molar-refractivity contribution in [3.63, 3.8) is 0 Å². The maximum Gasteiger partial charge on any atom is 0.322 e. The van der Waals surface area contributed by atoms with Gasteiger partial charge in [0.1, 0.15) is 5.69 Å². The summed E-state index contributed by atoms with van der Waals surface area (Å²) >= 11 is 6.26. The summed E-state index contributed by atoms with van der Waals surface area (Å²) in [5.74, 6) is 0. The number of carbonyl (C=O) groups is 1. The highest BCUT2D eigenvalue weighted by atomic mass is 35.5. The van der Waals surface area contributed by atoms with Crippen LogP contribution in [0.4, 0.5) is 10.5 Å².